The third-order valence-electron chi connectivity index (χ3n) is 4.28. The van der Waals surface area contributed by atoms with Crippen molar-refractivity contribution < 1.29 is 19.1 Å². The highest BCUT2D eigenvalue weighted by Crippen LogP contribution is 2.18. The van der Waals surface area contributed by atoms with Gasteiger partial charge in [0.2, 0.25) is 0 Å². The third-order valence-corrected chi connectivity index (χ3v) is 4.28. The molecule has 0 saturated carbocycles. The third kappa shape index (κ3) is 5.72. The molecule has 3 rings (SSSR count). The first-order valence-corrected chi connectivity index (χ1v) is 9.29. The van der Waals surface area contributed by atoms with Crippen molar-refractivity contribution in [1.82, 2.24) is 5.32 Å². The van der Waals surface area contributed by atoms with E-state index >= 15 is 0 Å². The maximum absolute atomic E-state index is 12.3. The molecule has 0 aliphatic carbocycles. The summed E-state index contributed by atoms with van der Waals surface area (Å²) in [6.07, 6.45) is 1.52. The number of hydrogen-bond acceptors (Lipinski definition) is 4. The second-order valence-electron chi connectivity index (χ2n) is 6.45. The normalized spacial score (nSPS) is 10.9. The van der Waals surface area contributed by atoms with Gasteiger partial charge >= 0.3 is 0 Å². The monoisotopic (exact) mass is 402 g/mol. The molecule has 0 fully saturated rings. The van der Waals surface area contributed by atoms with Gasteiger partial charge in [-0.15, -0.1) is 0 Å². The van der Waals surface area contributed by atoms with Crippen molar-refractivity contribution in [2.75, 3.05) is 7.11 Å². The van der Waals surface area contributed by atoms with Crippen molar-refractivity contribution >= 4 is 17.9 Å². The minimum absolute atomic E-state index is 0.00824. The molecule has 3 aromatic carbocycles. The first-order valence-electron chi connectivity index (χ1n) is 9.29. The van der Waals surface area contributed by atoms with E-state index < -0.39 is 11.8 Å². The lowest BCUT2D eigenvalue weighted by Gasteiger charge is -2.09. The summed E-state index contributed by atoms with van der Waals surface area (Å²) < 4.78 is 11.0. The summed E-state index contributed by atoms with van der Waals surface area (Å²) in [5, 5.41) is 2.56. The van der Waals surface area contributed by atoms with Gasteiger partial charge in [-0.25, -0.2) is 0 Å². The van der Waals surface area contributed by atoms with Crippen LogP contribution in [0.25, 0.3) is 6.08 Å². The molecule has 0 unspecified atom stereocenters. The van der Waals surface area contributed by atoms with Crippen LogP contribution in [-0.4, -0.2) is 18.9 Å². The highest BCUT2D eigenvalue weighted by Gasteiger charge is 2.11. The van der Waals surface area contributed by atoms with Gasteiger partial charge in [-0.2, -0.15) is 0 Å². The Morgan fingerprint density at radius 1 is 0.933 bits per heavy atom. The molecular weight excluding hydrogens is 380 g/mol. The summed E-state index contributed by atoms with van der Waals surface area (Å²) in [4.78, 5) is 24.0. The van der Waals surface area contributed by atoms with E-state index in [-0.39, 0.29) is 5.70 Å². The van der Waals surface area contributed by atoms with Crippen LogP contribution in [-0.2, 0) is 11.4 Å². The van der Waals surface area contributed by atoms with E-state index in [1.54, 1.807) is 61.7 Å². The van der Waals surface area contributed by atoms with Crippen molar-refractivity contribution in [3.8, 4) is 11.5 Å². The topological polar surface area (TPSA) is 90.7 Å². The number of amides is 2. The van der Waals surface area contributed by atoms with E-state index in [1.165, 1.54) is 6.08 Å². The van der Waals surface area contributed by atoms with Crippen molar-refractivity contribution in [3.63, 3.8) is 0 Å². The van der Waals surface area contributed by atoms with Gasteiger partial charge in [-0.05, 0) is 53.6 Å². The lowest BCUT2D eigenvalue weighted by Crippen LogP contribution is -2.31. The molecule has 0 bridgehead atoms. The summed E-state index contributed by atoms with van der Waals surface area (Å²) in [7, 11) is 1.62. The number of hydrogen-bond donors (Lipinski definition) is 2. The molecule has 0 aliphatic heterocycles. The Kier molecular flexibility index (Phi) is 6.84. The number of carbonyl (C=O) groups excluding carboxylic acids is 2. The Morgan fingerprint density at radius 2 is 1.67 bits per heavy atom. The zero-order valence-corrected chi connectivity index (χ0v) is 16.5. The molecule has 0 spiro atoms. The van der Waals surface area contributed by atoms with E-state index in [2.05, 4.69) is 5.32 Å². The quantitative estimate of drug-likeness (QED) is 0.564. The van der Waals surface area contributed by atoms with Gasteiger partial charge in [0.05, 0.1) is 7.11 Å². The molecule has 2 amide bonds. The number of methoxy groups -OCH3 is 1. The summed E-state index contributed by atoms with van der Waals surface area (Å²) in [5.41, 5.74) is 7.55. The van der Waals surface area contributed by atoms with Gasteiger partial charge in [0, 0.05) is 5.56 Å². The van der Waals surface area contributed by atoms with Crippen molar-refractivity contribution in [3.05, 3.63) is 101 Å². The number of primary amides is 1. The Hall–Kier alpha value is -4.06. The van der Waals surface area contributed by atoms with Crippen LogP contribution in [0.5, 0.6) is 11.5 Å². The summed E-state index contributed by atoms with van der Waals surface area (Å²) in [5.74, 6) is 0.313. The van der Waals surface area contributed by atoms with Crippen LogP contribution in [0.4, 0.5) is 0 Å². The van der Waals surface area contributed by atoms with E-state index in [4.69, 9.17) is 15.2 Å². The minimum Gasteiger partial charge on any atom is -0.497 e. The fourth-order valence-electron chi connectivity index (χ4n) is 2.71. The SMILES string of the molecule is COc1cccc(COc2ccc(/C=C(/NC(=O)c3ccccc3)C(N)=O)cc2)c1. The maximum atomic E-state index is 12.3. The van der Waals surface area contributed by atoms with Crippen LogP contribution in [0.3, 0.4) is 0 Å². The largest absolute Gasteiger partial charge is 0.497 e. The van der Waals surface area contributed by atoms with Crippen molar-refractivity contribution in [1.29, 1.82) is 0 Å². The molecule has 0 atom stereocenters. The maximum Gasteiger partial charge on any atom is 0.265 e. The Balaban J connectivity index is 1.66. The first kappa shape index (κ1) is 20.7. The van der Waals surface area contributed by atoms with Crippen molar-refractivity contribution in [2.24, 2.45) is 5.73 Å². The van der Waals surface area contributed by atoms with Crippen LogP contribution >= 0.6 is 0 Å². The molecule has 0 aromatic heterocycles. The molecular formula is C24H22N2O4. The number of carbonyl (C=O) groups is 2. The van der Waals surface area contributed by atoms with E-state index in [0.29, 0.717) is 23.5 Å². The molecule has 3 aromatic rings. The molecule has 6 heteroatoms. The van der Waals surface area contributed by atoms with Gasteiger partial charge in [-0.3, -0.25) is 9.59 Å². The zero-order valence-electron chi connectivity index (χ0n) is 16.5. The fraction of sp³-hybridized carbons (Fsp3) is 0.0833. The number of nitrogens with two attached hydrogens (primary N) is 1. The standard InChI is InChI=1S/C24H22N2O4/c1-29-21-9-5-6-18(14-21)16-30-20-12-10-17(11-13-20)15-22(23(25)27)26-24(28)19-7-3-2-4-8-19/h2-15H,16H2,1H3,(H2,25,27)(H,26,28)/b22-15+. The average Bonchev–Trinajstić information content (AvgIpc) is 2.78. The Bertz CT molecular complexity index is 1040. The molecule has 152 valence electrons. The highest BCUT2D eigenvalue weighted by molar-refractivity contribution is 6.04. The van der Waals surface area contributed by atoms with Crippen LogP contribution < -0.4 is 20.5 Å². The van der Waals surface area contributed by atoms with Crippen molar-refractivity contribution in [2.45, 2.75) is 6.61 Å². The van der Waals surface area contributed by atoms with Crippen LogP contribution in [0.15, 0.2) is 84.6 Å². The lowest BCUT2D eigenvalue weighted by molar-refractivity contribution is -0.114. The molecule has 30 heavy (non-hydrogen) atoms. The lowest BCUT2D eigenvalue weighted by atomic mass is 10.1. The van der Waals surface area contributed by atoms with E-state index in [9.17, 15) is 9.59 Å². The molecule has 6 nitrogen and oxygen atoms in total. The van der Waals surface area contributed by atoms with Crippen LogP contribution in [0.1, 0.15) is 21.5 Å². The second kappa shape index (κ2) is 9.93. The summed E-state index contributed by atoms with van der Waals surface area (Å²) in [6.45, 7) is 0.395. The molecule has 0 radical (unpaired) electrons. The van der Waals surface area contributed by atoms with Crippen LogP contribution in [0, 0.1) is 0 Å². The Labute approximate surface area is 174 Å². The van der Waals surface area contributed by atoms with Gasteiger partial charge in [0.25, 0.3) is 11.8 Å². The zero-order chi connectivity index (χ0) is 21.3. The van der Waals surface area contributed by atoms with Gasteiger partial charge in [0.15, 0.2) is 0 Å². The van der Waals surface area contributed by atoms with Crippen LogP contribution in [0.2, 0.25) is 0 Å². The molecule has 0 saturated heterocycles. The van der Waals surface area contributed by atoms with Gasteiger partial charge < -0.3 is 20.5 Å². The van der Waals surface area contributed by atoms with Gasteiger partial charge in [-0.1, -0.05) is 42.5 Å². The second-order valence-corrected chi connectivity index (χ2v) is 6.45. The minimum atomic E-state index is -0.724. The molecule has 0 heterocycles. The van der Waals surface area contributed by atoms with E-state index in [0.717, 1.165) is 11.3 Å². The molecule has 3 N–H and O–H groups in total. The average molecular weight is 402 g/mol. The number of rotatable bonds is 8. The smallest absolute Gasteiger partial charge is 0.265 e. The summed E-state index contributed by atoms with van der Waals surface area (Å²) in [6, 6.07) is 23.4. The van der Waals surface area contributed by atoms with Gasteiger partial charge in [0.1, 0.15) is 23.8 Å². The van der Waals surface area contributed by atoms with E-state index in [1.807, 2.05) is 24.3 Å². The highest BCUT2D eigenvalue weighted by atomic mass is 16.5. The summed E-state index contributed by atoms with van der Waals surface area (Å²) >= 11 is 0. The fourth-order valence-corrected chi connectivity index (χ4v) is 2.71. The number of benzene rings is 3. The number of ether oxygens (including phenoxy) is 2. The number of nitrogens with one attached hydrogen (secondary N) is 1. The first-order chi connectivity index (χ1) is 14.5. The predicted octanol–water partition coefficient (Wildman–Crippen LogP) is 3.53. The molecule has 0 aliphatic rings. The Morgan fingerprint density at radius 3 is 2.33 bits per heavy atom. The predicted molar refractivity (Wildman–Crippen MR) is 115 cm³/mol.